The van der Waals surface area contributed by atoms with Crippen LogP contribution in [0.15, 0.2) is 47.4 Å². The van der Waals surface area contributed by atoms with Crippen molar-refractivity contribution in [2.45, 2.75) is 43.9 Å². The topological polar surface area (TPSA) is 66.5 Å². The number of anilines is 1. The van der Waals surface area contributed by atoms with Gasteiger partial charge in [0, 0.05) is 24.7 Å². The van der Waals surface area contributed by atoms with Crippen molar-refractivity contribution in [3.63, 3.8) is 0 Å². The molecule has 30 heavy (non-hydrogen) atoms. The highest BCUT2D eigenvalue weighted by Crippen LogP contribution is 2.31. The van der Waals surface area contributed by atoms with Crippen molar-refractivity contribution < 1.29 is 22.0 Å². The fourth-order valence-electron chi connectivity index (χ4n) is 3.65. The Balaban J connectivity index is 1.69. The van der Waals surface area contributed by atoms with Crippen LogP contribution in [0, 0.1) is 17.6 Å². The van der Waals surface area contributed by atoms with Crippen LogP contribution in [0.5, 0.6) is 0 Å². The minimum atomic E-state index is -4.16. The molecule has 2 aromatic rings. The van der Waals surface area contributed by atoms with E-state index in [-0.39, 0.29) is 30.3 Å². The van der Waals surface area contributed by atoms with E-state index in [0.29, 0.717) is 18.9 Å². The van der Waals surface area contributed by atoms with Gasteiger partial charge in [0.1, 0.15) is 16.5 Å². The van der Waals surface area contributed by atoms with Crippen molar-refractivity contribution >= 4 is 21.6 Å². The van der Waals surface area contributed by atoms with E-state index in [2.05, 4.69) is 26.1 Å². The second-order valence-electron chi connectivity index (χ2n) is 8.54. The van der Waals surface area contributed by atoms with Crippen molar-refractivity contribution in [1.29, 1.82) is 0 Å². The van der Waals surface area contributed by atoms with Gasteiger partial charge in [-0.1, -0.05) is 39.0 Å². The molecule has 1 fully saturated rings. The second-order valence-corrected chi connectivity index (χ2v) is 10.4. The Hall–Kier alpha value is -2.32. The standard InChI is InChI=1S/C22H26F2N2O3S/c1-22(2,3)17-6-4-5-7-19(17)25-21(27)15-10-12-26(13-11-15)30(28,29)20-14-16(23)8-9-18(20)24/h4-9,14-15H,10-13H2,1-3H3,(H,25,27). The summed E-state index contributed by atoms with van der Waals surface area (Å²) in [6.07, 6.45) is 0.610. The van der Waals surface area contributed by atoms with Gasteiger partial charge in [0.05, 0.1) is 0 Å². The number of benzene rings is 2. The van der Waals surface area contributed by atoms with Gasteiger partial charge in [-0.05, 0) is 48.1 Å². The van der Waals surface area contributed by atoms with Crippen LogP contribution < -0.4 is 5.32 Å². The van der Waals surface area contributed by atoms with Gasteiger partial charge in [-0.15, -0.1) is 0 Å². The summed E-state index contributed by atoms with van der Waals surface area (Å²) in [6.45, 7) is 6.32. The molecule has 0 atom stereocenters. The van der Waals surface area contributed by atoms with Crippen molar-refractivity contribution in [3.8, 4) is 0 Å². The number of rotatable bonds is 4. The van der Waals surface area contributed by atoms with Crippen molar-refractivity contribution in [2.75, 3.05) is 18.4 Å². The number of nitrogens with one attached hydrogen (secondary N) is 1. The maximum atomic E-state index is 14.0. The number of carbonyl (C=O) groups is 1. The Labute approximate surface area is 176 Å². The lowest BCUT2D eigenvalue weighted by Gasteiger charge is -2.31. The van der Waals surface area contributed by atoms with Gasteiger partial charge in [-0.2, -0.15) is 4.31 Å². The molecule has 1 amide bonds. The molecule has 5 nitrogen and oxygen atoms in total. The lowest BCUT2D eigenvalue weighted by atomic mass is 9.85. The lowest BCUT2D eigenvalue weighted by molar-refractivity contribution is -0.120. The van der Waals surface area contributed by atoms with Crippen LogP contribution in [0.25, 0.3) is 0 Å². The summed E-state index contributed by atoms with van der Waals surface area (Å²) in [4.78, 5) is 12.1. The number of nitrogens with zero attached hydrogens (tertiary/aromatic N) is 1. The summed E-state index contributed by atoms with van der Waals surface area (Å²) < 4.78 is 53.9. The molecule has 0 aromatic heterocycles. The third-order valence-electron chi connectivity index (χ3n) is 5.33. The van der Waals surface area contributed by atoms with E-state index in [9.17, 15) is 22.0 Å². The van der Waals surface area contributed by atoms with Crippen LogP contribution in [-0.4, -0.2) is 31.7 Å². The fraction of sp³-hybridized carbons (Fsp3) is 0.409. The normalized spacial score (nSPS) is 16.4. The Bertz CT molecular complexity index is 1040. The van der Waals surface area contributed by atoms with Crippen LogP contribution in [0.4, 0.5) is 14.5 Å². The van der Waals surface area contributed by atoms with E-state index >= 15 is 0 Å². The average molecular weight is 437 g/mol. The van der Waals surface area contributed by atoms with Gasteiger partial charge in [0.2, 0.25) is 15.9 Å². The van der Waals surface area contributed by atoms with E-state index in [1.807, 2.05) is 24.3 Å². The van der Waals surface area contributed by atoms with Crippen molar-refractivity contribution in [2.24, 2.45) is 5.92 Å². The molecule has 0 saturated carbocycles. The van der Waals surface area contributed by atoms with Gasteiger partial charge in [-0.3, -0.25) is 4.79 Å². The molecule has 1 N–H and O–H groups in total. The van der Waals surface area contributed by atoms with E-state index in [0.717, 1.165) is 27.7 Å². The fourth-order valence-corrected chi connectivity index (χ4v) is 5.20. The first-order valence-electron chi connectivity index (χ1n) is 9.86. The number of hydrogen-bond donors (Lipinski definition) is 1. The molecule has 1 heterocycles. The van der Waals surface area contributed by atoms with Gasteiger partial charge >= 0.3 is 0 Å². The number of hydrogen-bond acceptors (Lipinski definition) is 3. The molecule has 0 unspecified atom stereocenters. The first-order valence-corrected chi connectivity index (χ1v) is 11.3. The molecule has 1 aliphatic rings. The zero-order valence-corrected chi connectivity index (χ0v) is 18.1. The Morgan fingerprint density at radius 3 is 2.33 bits per heavy atom. The summed E-state index contributed by atoms with van der Waals surface area (Å²) in [6, 6.07) is 9.96. The third-order valence-corrected chi connectivity index (χ3v) is 7.24. The largest absolute Gasteiger partial charge is 0.326 e. The summed E-state index contributed by atoms with van der Waals surface area (Å²) in [5, 5.41) is 2.97. The van der Waals surface area contributed by atoms with Gasteiger partial charge in [0.25, 0.3) is 0 Å². The third kappa shape index (κ3) is 4.70. The quantitative estimate of drug-likeness (QED) is 0.777. The second kappa shape index (κ2) is 8.43. The first kappa shape index (κ1) is 22.4. The molecular formula is C22H26F2N2O3S. The number of piperidine rings is 1. The van der Waals surface area contributed by atoms with Crippen LogP contribution in [0.1, 0.15) is 39.2 Å². The first-order chi connectivity index (χ1) is 14.0. The highest BCUT2D eigenvalue weighted by atomic mass is 32.2. The smallest absolute Gasteiger partial charge is 0.246 e. The Morgan fingerprint density at radius 2 is 1.70 bits per heavy atom. The van der Waals surface area contributed by atoms with E-state index in [4.69, 9.17) is 0 Å². The molecule has 1 aliphatic heterocycles. The summed E-state index contributed by atoms with van der Waals surface area (Å²) in [7, 11) is -4.16. The molecule has 162 valence electrons. The number of halogens is 2. The molecular weight excluding hydrogens is 410 g/mol. The minimum Gasteiger partial charge on any atom is -0.326 e. The van der Waals surface area contributed by atoms with Crippen LogP contribution in [-0.2, 0) is 20.2 Å². The molecule has 1 saturated heterocycles. The lowest BCUT2D eigenvalue weighted by Crippen LogP contribution is -2.41. The maximum absolute atomic E-state index is 14.0. The van der Waals surface area contributed by atoms with Gasteiger partial charge < -0.3 is 5.32 Å². The number of para-hydroxylation sites is 1. The number of carbonyl (C=O) groups excluding carboxylic acids is 1. The van der Waals surface area contributed by atoms with Crippen LogP contribution >= 0.6 is 0 Å². The van der Waals surface area contributed by atoms with Crippen LogP contribution in [0.2, 0.25) is 0 Å². The average Bonchev–Trinajstić information content (AvgIpc) is 2.69. The Morgan fingerprint density at radius 1 is 1.07 bits per heavy atom. The zero-order valence-electron chi connectivity index (χ0n) is 17.3. The molecule has 0 radical (unpaired) electrons. The highest BCUT2D eigenvalue weighted by Gasteiger charge is 2.34. The van der Waals surface area contributed by atoms with Gasteiger partial charge in [0.15, 0.2) is 0 Å². The zero-order chi connectivity index (χ0) is 22.1. The SMILES string of the molecule is CC(C)(C)c1ccccc1NC(=O)C1CCN(S(=O)(=O)c2cc(F)ccc2F)CC1. The monoisotopic (exact) mass is 436 g/mol. The Kier molecular flexibility index (Phi) is 6.29. The van der Waals surface area contributed by atoms with Crippen molar-refractivity contribution in [3.05, 3.63) is 59.7 Å². The molecule has 0 aliphatic carbocycles. The molecule has 2 aromatic carbocycles. The molecule has 3 rings (SSSR count). The predicted molar refractivity (Wildman–Crippen MR) is 112 cm³/mol. The molecule has 0 spiro atoms. The molecule has 0 bridgehead atoms. The predicted octanol–water partition coefficient (Wildman–Crippen LogP) is 4.30. The number of sulfonamides is 1. The highest BCUT2D eigenvalue weighted by molar-refractivity contribution is 7.89. The maximum Gasteiger partial charge on any atom is 0.246 e. The molecule has 8 heteroatoms. The minimum absolute atomic E-state index is 0.0668. The van der Waals surface area contributed by atoms with Crippen LogP contribution in [0.3, 0.4) is 0 Å². The summed E-state index contributed by atoms with van der Waals surface area (Å²) in [5.41, 5.74) is 1.61. The van der Waals surface area contributed by atoms with E-state index in [1.165, 1.54) is 0 Å². The summed E-state index contributed by atoms with van der Waals surface area (Å²) in [5.74, 6) is -2.33. The van der Waals surface area contributed by atoms with E-state index < -0.39 is 26.6 Å². The van der Waals surface area contributed by atoms with Gasteiger partial charge in [-0.25, -0.2) is 17.2 Å². The van der Waals surface area contributed by atoms with Crippen molar-refractivity contribution in [1.82, 2.24) is 4.31 Å². The number of amides is 1. The summed E-state index contributed by atoms with van der Waals surface area (Å²) >= 11 is 0. The van der Waals surface area contributed by atoms with E-state index in [1.54, 1.807) is 0 Å².